The summed E-state index contributed by atoms with van der Waals surface area (Å²) in [4.78, 5) is 4.66. The van der Waals surface area contributed by atoms with Gasteiger partial charge < -0.3 is 5.11 Å². The number of rotatable bonds is 17. The van der Waals surface area contributed by atoms with E-state index in [1.54, 1.807) is 0 Å². The van der Waals surface area contributed by atoms with Crippen molar-refractivity contribution in [3.05, 3.63) is 12.7 Å². The average molecular weight is 366 g/mol. The van der Waals surface area contributed by atoms with Crippen LogP contribution in [-0.2, 0) is 0 Å². The summed E-state index contributed by atoms with van der Waals surface area (Å²) in [5, 5.41) is 10.2. The molecule has 0 aliphatic carbocycles. The van der Waals surface area contributed by atoms with Gasteiger partial charge in [0, 0.05) is 13.3 Å². The molecular formula is C23H45N2O+. The van der Waals surface area contributed by atoms with Crippen LogP contribution in [0.15, 0.2) is 17.6 Å². The lowest BCUT2D eigenvalue weighted by Gasteiger charge is -2.40. The van der Waals surface area contributed by atoms with Crippen molar-refractivity contribution < 1.29 is 9.59 Å². The van der Waals surface area contributed by atoms with Gasteiger partial charge >= 0.3 is 0 Å². The number of hydrogen-bond donors (Lipinski definition) is 1. The first-order chi connectivity index (χ1) is 12.7. The number of unbranched alkanes of at least 4 members (excludes halogenated alkanes) is 12. The van der Waals surface area contributed by atoms with Gasteiger partial charge in [0.2, 0.25) is 0 Å². The molecule has 26 heavy (non-hydrogen) atoms. The summed E-state index contributed by atoms with van der Waals surface area (Å²) < 4.78 is 0.744. The van der Waals surface area contributed by atoms with Crippen LogP contribution in [0.4, 0.5) is 0 Å². The highest BCUT2D eigenvalue weighted by atomic mass is 16.3. The second-order valence-corrected chi connectivity index (χ2v) is 8.15. The SMILES string of the molecule is C=CCCCCCCCCCCCCCCC1N=CC[N+]1(CC)C(C)O. The molecule has 1 aliphatic rings. The first-order valence-corrected chi connectivity index (χ1v) is 11.3. The van der Waals surface area contributed by atoms with E-state index in [1.165, 1.54) is 83.5 Å². The molecule has 0 aromatic carbocycles. The van der Waals surface area contributed by atoms with Gasteiger partial charge in [0.25, 0.3) is 0 Å². The maximum atomic E-state index is 10.2. The molecule has 1 aliphatic heterocycles. The fourth-order valence-corrected chi connectivity index (χ4v) is 4.30. The van der Waals surface area contributed by atoms with Gasteiger partial charge in [-0.05, 0) is 26.2 Å². The van der Waals surface area contributed by atoms with Crippen molar-refractivity contribution in [3.63, 3.8) is 0 Å². The summed E-state index contributed by atoms with van der Waals surface area (Å²) >= 11 is 0. The molecule has 0 spiro atoms. The molecule has 3 unspecified atom stereocenters. The van der Waals surface area contributed by atoms with Crippen LogP contribution in [0.25, 0.3) is 0 Å². The van der Waals surface area contributed by atoms with E-state index in [1.807, 2.05) is 19.2 Å². The van der Waals surface area contributed by atoms with E-state index < -0.39 is 0 Å². The largest absolute Gasteiger partial charge is 0.345 e. The molecule has 3 atom stereocenters. The van der Waals surface area contributed by atoms with Gasteiger partial charge in [0.15, 0.2) is 12.4 Å². The van der Waals surface area contributed by atoms with Crippen molar-refractivity contribution in [3.8, 4) is 0 Å². The third-order valence-corrected chi connectivity index (χ3v) is 6.25. The van der Waals surface area contributed by atoms with Gasteiger partial charge in [0.05, 0.1) is 12.8 Å². The third-order valence-electron chi connectivity index (χ3n) is 6.25. The van der Waals surface area contributed by atoms with Crippen molar-refractivity contribution in [1.82, 2.24) is 0 Å². The predicted molar refractivity (Wildman–Crippen MR) is 114 cm³/mol. The van der Waals surface area contributed by atoms with Crippen LogP contribution in [0.2, 0.25) is 0 Å². The van der Waals surface area contributed by atoms with Crippen molar-refractivity contribution in [1.29, 1.82) is 0 Å². The van der Waals surface area contributed by atoms with E-state index in [0.717, 1.165) is 24.0 Å². The number of aliphatic hydroxyl groups excluding tert-OH is 1. The zero-order valence-electron chi connectivity index (χ0n) is 17.7. The Balaban J connectivity index is 1.92. The van der Waals surface area contributed by atoms with Crippen LogP contribution in [-0.4, -0.2) is 41.3 Å². The maximum Gasteiger partial charge on any atom is 0.189 e. The fraction of sp³-hybridized carbons (Fsp3) is 0.870. The maximum absolute atomic E-state index is 10.2. The first kappa shape index (κ1) is 23.4. The van der Waals surface area contributed by atoms with Crippen LogP contribution < -0.4 is 0 Å². The highest BCUT2D eigenvalue weighted by Gasteiger charge is 2.41. The van der Waals surface area contributed by atoms with Crippen molar-refractivity contribution in [2.45, 2.75) is 116 Å². The lowest BCUT2D eigenvalue weighted by molar-refractivity contribution is -0.976. The molecule has 0 saturated carbocycles. The minimum atomic E-state index is -0.311. The van der Waals surface area contributed by atoms with Gasteiger partial charge in [-0.3, -0.25) is 4.48 Å². The molecule has 0 bridgehead atoms. The van der Waals surface area contributed by atoms with E-state index in [4.69, 9.17) is 0 Å². The molecule has 0 aromatic heterocycles. The molecule has 0 saturated heterocycles. The summed E-state index contributed by atoms with van der Waals surface area (Å²) in [7, 11) is 0. The van der Waals surface area contributed by atoms with Gasteiger partial charge in [-0.1, -0.05) is 70.3 Å². The van der Waals surface area contributed by atoms with Crippen LogP contribution in [0.5, 0.6) is 0 Å². The molecule has 0 fully saturated rings. The summed E-state index contributed by atoms with van der Waals surface area (Å²) in [6.45, 7) is 9.74. The second kappa shape index (κ2) is 14.4. The summed E-state index contributed by atoms with van der Waals surface area (Å²) in [6.07, 6.45) is 22.8. The monoisotopic (exact) mass is 365 g/mol. The standard InChI is InChI=1S/C23H45N2O/c1-4-6-7-8-9-10-11-12-13-14-15-16-17-18-19-23-24-20-21-25(23,5-2)22(3)26/h4,20,22-23,26H,1,5-19,21H2,2-3H3/q+1. The molecule has 0 aromatic rings. The Bertz CT molecular complexity index is 380. The van der Waals surface area contributed by atoms with Gasteiger partial charge in [-0.15, -0.1) is 6.58 Å². The van der Waals surface area contributed by atoms with E-state index in [9.17, 15) is 5.11 Å². The molecular weight excluding hydrogens is 320 g/mol. The zero-order valence-corrected chi connectivity index (χ0v) is 17.7. The highest BCUT2D eigenvalue weighted by Crippen LogP contribution is 2.26. The molecule has 152 valence electrons. The number of allylic oxidation sites excluding steroid dienone is 1. The van der Waals surface area contributed by atoms with Crippen LogP contribution >= 0.6 is 0 Å². The third kappa shape index (κ3) is 8.35. The highest BCUT2D eigenvalue weighted by molar-refractivity contribution is 5.60. The van der Waals surface area contributed by atoms with Crippen molar-refractivity contribution in [2.75, 3.05) is 13.1 Å². The topological polar surface area (TPSA) is 32.6 Å². The summed E-state index contributed by atoms with van der Waals surface area (Å²) in [5.41, 5.74) is 0. The second-order valence-electron chi connectivity index (χ2n) is 8.15. The molecule has 0 radical (unpaired) electrons. The van der Waals surface area contributed by atoms with Gasteiger partial charge in [-0.2, -0.15) is 0 Å². The number of hydrogen-bond acceptors (Lipinski definition) is 2. The number of aliphatic imine (C=N–C) groups is 1. The predicted octanol–water partition coefficient (Wildman–Crippen LogP) is 6.22. The average Bonchev–Trinajstić information content (AvgIpc) is 3.06. The van der Waals surface area contributed by atoms with E-state index in [2.05, 4.69) is 18.5 Å². The molecule has 0 amide bonds. The van der Waals surface area contributed by atoms with E-state index in [-0.39, 0.29) is 12.4 Å². The number of nitrogens with zero attached hydrogens (tertiary/aromatic N) is 2. The Morgan fingerprint density at radius 2 is 1.50 bits per heavy atom. The van der Waals surface area contributed by atoms with Crippen molar-refractivity contribution in [2.24, 2.45) is 4.99 Å². The summed E-state index contributed by atoms with van der Waals surface area (Å²) in [5.74, 6) is 0. The minimum absolute atomic E-state index is 0.284. The quantitative estimate of drug-likeness (QED) is 0.185. The van der Waals surface area contributed by atoms with Crippen molar-refractivity contribution >= 4 is 6.21 Å². The number of quaternary nitrogens is 1. The Morgan fingerprint density at radius 3 is 1.96 bits per heavy atom. The lowest BCUT2D eigenvalue weighted by Crippen LogP contribution is -2.57. The van der Waals surface area contributed by atoms with Crippen LogP contribution in [0, 0.1) is 0 Å². The Morgan fingerprint density at radius 1 is 1.00 bits per heavy atom. The first-order valence-electron chi connectivity index (χ1n) is 11.3. The number of aliphatic hydroxyl groups is 1. The Hall–Kier alpha value is -0.670. The van der Waals surface area contributed by atoms with Gasteiger partial charge in [0.1, 0.15) is 6.54 Å². The summed E-state index contributed by atoms with van der Waals surface area (Å²) in [6, 6.07) is 0. The van der Waals surface area contributed by atoms with E-state index >= 15 is 0 Å². The molecule has 3 heteroatoms. The Labute approximate surface area is 163 Å². The molecule has 1 heterocycles. The Kier molecular flexibility index (Phi) is 12.9. The van der Waals surface area contributed by atoms with Crippen LogP contribution in [0.3, 0.4) is 0 Å². The van der Waals surface area contributed by atoms with Gasteiger partial charge in [-0.25, -0.2) is 4.99 Å². The molecule has 3 nitrogen and oxygen atoms in total. The minimum Gasteiger partial charge on any atom is -0.345 e. The lowest BCUT2D eigenvalue weighted by atomic mass is 10.0. The smallest absolute Gasteiger partial charge is 0.189 e. The normalized spacial score (nSPS) is 23.4. The van der Waals surface area contributed by atoms with E-state index in [0.29, 0.717) is 0 Å². The molecule has 1 rings (SSSR count). The molecule has 1 N–H and O–H groups in total. The van der Waals surface area contributed by atoms with Crippen LogP contribution in [0.1, 0.15) is 104 Å². The zero-order chi connectivity index (χ0) is 19.1. The fourth-order valence-electron chi connectivity index (χ4n) is 4.30.